The molecule has 37 heavy (non-hydrogen) atoms. The van der Waals surface area contributed by atoms with Gasteiger partial charge in [0, 0.05) is 41.9 Å². The van der Waals surface area contributed by atoms with Gasteiger partial charge in [-0.15, -0.1) is 11.3 Å². The molecule has 0 unspecified atom stereocenters. The van der Waals surface area contributed by atoms with Crippen LogP contribution in [-0.2, 0) is 4.65 Å². The number of rotatable bonds is 4. The van der Waals surface area contributed by atoms with E-state index in [1.54, 1.807) is 0 Å². The summed E-state index contributed by atoms with van der Waals surface area (Å²) >= 11 is 1.88. The molecular weight excluding hydrogens is 469 g/mol. The molecule has 2 nitrogen and oxygen atoms in total. The van der Waals surface area contributed by atoms with Gasteiger partial charge in [-0.05, 0) is 36.9 Å². The van der Waals surface area contributed by atoms with Crippen LogP contribution in [0.15, 0.2) is 84.9 Å². The fourth-order valence-electron chi connectivity index (χ4n) is 5.04. The fourth-order valence-corrected chi connectivity index (χ4v) is 6.30. The quantitative estimate of drug-likeness (QED) is 0.178. The lowest BCUT2D eigenvalue weighted by Crippen LogP contribution is -2.46. The summed E-state index contributed by atoms with van der Waals surface area (Å²) in [7, 11) is 0. The van der Waals surface area contributed by atoms with Crippen LogP contribution in [0.1, 0.15) is 34.6 Å². The summed E-state index contributed by atoms with van der Waals surface area (Å²) in [6.45, 7) is 13.2. The van der Waals surface area contributed by atoms with Crippen molar-refractivity contribution in [2.24, 2.45) is 5.41 Å². The highest BCUT2D eigenvalue weighted by Crippen LogP contribution is 2.43. The number of pyridine rings is 1. The molecule has 184 valence electrons. The highest BCUT2D eigenvalue weighted by Gasteiger charge is 2.36. The van der Waals surface area contributed by atoms with E-state index in [4.69, 9.17) is 9.64 Å². The Labute approximate surface area is 223 Å². The molecule has 0 saturated carbocycles. The second-order valence-corrected chi connectivity index (χ2v) is 12.6. The van der Waals surface area contributed by atoms with Gasteiger partial charge in [0.1, 0.15) is 0 Å². The van der Waals surface area contributed by atoms with E-state index in [2.05, 4.69) is 126 Å². The van der Waals surface area contributed by atoms with Gasteiger partial charge >= 0.3 is 6.92 Å². The van der Waals surface area contributed by atoms with Gasteiger partial charge in [0.25, 0.3) is 0 Å². The average molecular weight is 502 g/mol. The van der Waals surface area contributed by atoms with Crippen LogP contribution in [0, 0.1) is 5.41 Å². The number of aromatic nitrogens is 1. The largest absolute Gasteiger partial charge is 0.426 e. The Morgan fingerprint density at radius 1 is 0.703 bits per heavy atom. The second-order valence-electron chi connectivity index (χ2n) is 11.6. The van der Waals surface area contributed by atoms with E-state index in [-0.39, 0.29) is 17.9 Å². The van der Waals surface area contributed by atoms with Crippen molar-refractivity contribution in [2.45, 2.75) is 47.0 Å². The minimum absolute atomic E-state index is 0.00255. The van der Waals surface area contributed by atoms with Gasteiger partial charge in [-0.25, -0.2) is 4.98 Å². The number of hydrogen-bond donors (Lipinski definition) is 0. The van der Waals surface area contributed by atoms with E-state index in [1.165, 1.54) is 41.8 Å². The van der Waals surface area contributed by atoms with Crippen molar-refractivity contribution in [1.82, 2.24) is 4.98 Å². The maximum absolute atomic E-state index is 6.52. The predicted octanol–water partition coefficient (Wildman–Crippen LogP) is 9.09. The van der Waals surface area contributed by atoms with E-state index >= 15 is 0 Å². The zero-order valence-corrected chi connectivity index (χ0v) is 23.2. The minimum atomic E-state index is -0.239. The molecule has 0 bridgehead atoms. The molecule has 0 aliphatic rings. The summed E-state index contributed by atoms with van der Waals surface area (Å²) in [5.41, 5.74) is 4.18. The van der Waals surface area contributed by atoms with Gasteiger partial charge in [-0.1, -0.05) is 100 Å². The van der Waals surface area contributed by atoms with E-state index < -0.39 is 0 Å². The maximum atomic E-state index is 6.52. The first-order chi connectivity index (χ1) is 17.6. The molecule has 0 fully saturated rings. The van der Waals surface area contributed by atoms with Crippen molar-refractivity contribution in [2.75, 3.05) is 0 Å². The molecule has 0 radical (unpaired) electrons. The third-order valence-electron chi connectivity index (χ3n) is 8.14. The van der Waals surface area contributed by atoms with Crippen LogP contribution in [0.25, 0.3) is 53.1 Å². The predicted molar refractivity (Wildman–Crippen MR) is 163 cm³/mol. The highest BCUT2D eigenvalue weighted by molar-refractivity contribution is 7.26. The lowest BCUT2D eigenvalue weighted by atomic mass is 9.62. The molecule has 2 heterocycles. The van der Waals surface area contributed by atoms with Crippen molar-refractivity contribution in [3.05, 3.63) is 84.9 Å². The molecule has 0 saturated heterocycles. The van der Waals surface area contributed by atoms with Crippen LogP contribution in [0.3, 0.4) is 0 Å². The Bertz CT molecular complexity index is 1780. The zero-order chi connectivity index (χ0) is 25.9. The number of benzene rings is 4. The van der Waals surface area contributed by atoms with E-state index in [0.29, 0.717) is 0 Å². The van der Waals surface area contributed by atoms with E-state index in [1.807, 2.05) is 11.3 Å². The van der Waals surface area contributed by atoms with Crippen molar-refractivity contribution in [3.63, 3.8) is 0 Å². The molecule has 0 aliphatic heterocycles. The molecular formula is C33H32BNOS. The zero-order valence-electron chi connectivity index (χ0n) is 22.4. The first kappa shape index (κ1) is 24.1. The summed E-state index contributed by atoms with van der Waals surface area (Å²) in [5.74, 6) is 0. The molecule has 4 aromatic carbocycles. The van der Waals surface area contributed by atoms with Crippen LogP contribution >= 0.6 is 11.3 Å². The first-order valence-electron chi connectivity index (χ1n) is 13.0. The van der Waals surface area contributed by atoms with Crippen LogP contribution in [0.5, 0.6) is 0 Å². The highest BCUT2D eigenvalue weighted by atomic mass is 32.1. The Morgan fingerprint density at radius 3 is 2.08 bits per heavy atom. The minimum Gasteiger partial charge on any atom is -0.426 e. The Kier molecular flexibility index (Phi) is 5.67. The average Bonchev–Trinajstić information content (AvgIpc) is 3.26. The van der Waals surface area contributed by atoms with Crippen LogP contribution in [0.4, 0.5) is 0 Å². The van der Waals surface area contributed by atoms with Gasteiger partial charge in [-0.2, -0.15) is 0 Å². The van der Waals surface area contributed by atoms with Gasteiger partial charge in [0.2, 0.25) is 0 Å². The van der Waals surface area contributed by atoms with Crippen LogP contribution in [-0.4, -0.2) is 17.5 Å². The smallest absolute Gasteiger partial charge is 0.324 e. The Balaban J connectivity index is 1.50. The topological polar surface area (TPSA) is 22.1 Å². The number of para-hydroxylation sites is 1. The summed E-state index contributed by atoms with van der Waals surface area (Å²) in [4.78, 5) is 5.17. The van der Waals surface area contributed by atoms with Crippen molar-refractivity contribution >= 4 is 65.6 Å². The maximum Gasteiger partial charge on any atom is 0.324 e. The monoisotopic (exact) mass is 501 g/mol. The summed E-state index contributed by atoms with van der Waals surface area (Å²) in [6, 6.07) is 30.6. The lowest BCUT2D eigenvalue weighted by molar-refractivity contribution is 0.000450. The normalized spacial score (nSPS) is 12.7. The molecule has 0 spiro atoms. The van der Waals surface area contributed by atoms with Crippen LogP contribution in [0.2, 0.25) is 6.82 Å². The van der Waals surface area contributed by atoms with E-state index in [9.17, 15) is 0 Å². The molecule has 4 heteroatoms. The molecule has 6 rings (SSSR count). The third kappa shape index (κ3) is 4.03. The number of thiophene rings is 1. The number of fused-ring (bicyclic) bond motifs is 7. The number of hydrogen-bond acceptors (Lipinski definition) is 3. The van der Waals surface area contributed by atoms with Crippen molar-refractivity contribution in [1.29, 1.82) is 0 Å². The standard InChI is InChI=1S/C33H32BNOS/c1-32(2,3)33(4,5)36-34(6)22-17-15-21(16-18-22)30-26-20-19-24-23-11-8-10-14-28(23)37-31(24)29(26)25-12-7-9-13-27(25)35-30/h7-20H,1-6H3. The lowest BCUT2D eigenvalue weighted by Gasteiger charge is -2.40. The molecule has 6 aromatic rings. The Morgan fingerprint density at radius 2 is 1.35 bits per heavy atom. The van der Waals surface area contributed by atoms with Crippen molar-refractivity contribution < 1.29 is 4.65 Å². The SMILES string of the molecule is CB(OC(C)(C)C(C)(C)C)c1ccc(-c2nc3ccccc3c3c2ccc2c4ccccc4sc23)cc1. The summed E-state index contributed by atoms with van der Waals surface area (Å²) in [6.07, 6.45) is 0. The Hall–Kier alpha value is -3.21. The second kappa shape index (κ2) is 8.68. The fraction of sp³-hybridized carbons (Fsp3) is 0.242. The first-order valence-corrected chi connectivity index (χ1v) is 13.9. The van der Waals surface area contributed by atoms with Gasteiger partial charge in [0.15, 0.2) is 0 Å². The summed E-state index contributed by atoms with van der Waals surface area (Å²) in [5, 5.41) is 6.35. The third-order valence-corrected chi connectivity index (χ3v) is 9.34. The molecule has 0 amide bonds. The van der Waals surface area contributed by atoms with Gasteiger partial charge in [-0.3, -0.25) is 0 Å². The van der Waals surface area contributed by atoms with Crippen molar-refractivity contribution in [3.8, 4) is 11.3 Å². The van der Waals surface area contributed by atoms with Gasteiger partial charge in [0.05, 0.1) is 16.8 Å². The number of nitrogens with zero attached hydrogens (tertiary/aromatic N) is 1. The molecule has 0 N–H and O–H groups in total. The van der Waals surface area contributed by atoms with Crippen LogP contribution < -0.4 is 5.46 Å². The van der Waals surface area contributed by atoms with E-state index in [0.717, 1.165) is 16.8 Å². The van der Waals surface area contributed by atoms with Gasteiger partial charge < -0.3 is 4.65 Å². The molecule has 0 atom stereocenters. The molecule has 0 aliphatic carbocycles. The molecule has 2 aromatic heterocycles. The summed E-state index contributed by atoms with van der Waals surface area (Å²) < 4.78 is 9.18.